The summed E-state index contributed by atoms with van der Waals surface area (Å²) in [5, 5.41) is 3.23. The Bertz CT molecular complexity index is 760. The van der Waals surface area contributed by atoms with E-state index >= 15 is 0 Å². The summed E-state index contributed by atoms with van der Waals surface area (Å²) in [7, 11) is 0. The maximum absolute atomic E-state index is 13.5. The number of hydrogen-bond donors (Lipinski definition) is 2. The van der Waals surface area contributed by atoms with E-state index in [4.69, 9.17) is 28.9 Å². The maximum Gasteiger partial charge on any atom is 0.244 e. The summed E-state index contributed by atoms with van der Waals surface area (Å²) in [5.41, 5.74) is 6.05. The van der Waals surface area contributed by atoms with Crippen LogP contribution in [-0.2, 0) is 4.79 Å². The second-order valence-corrected chi connectivity index (χ2v) is 5.68. The number of hydrogen-bond acceptors (Lipinski definition) is 3. The van der Waals surface area contributed by atoms with Crippen LogP contribution in [0.15, 0.2) is 36.4 Å². The van der Waals surface area contributed by atoms with Crippen molar-refractivity contribution < 1.29 is 14.0 Å². The number of amides is 1. The zero-order valence-corrected chi connectivity index (χ0v) is 13.6. The number of Topliss-reactive ketones (excluding diaryl/α,β-unsaturated/α-hetero) is 1. The van der Waals surface area contributed by atoms with Gasteiger partial charge in [0.25, 0.3) is 0 Å². The van der Waals surface area contributed by atoms with Crippen LogP contribution in [0.1, 0.15) is 28.9 Å². The first-order valence-electron chi connectivity index (χ1n) is 6.61. The lowest BCUT2D eigenvalue weighted by Gasteiger charge is -2.21. The first-order valence-corrected chi connectivity index (χ1v) is 7.37. The third-order valence-electron chi connectivity index (χ3n) is 3.23. The van der Waals surface area contributed by atoms with Crippen molar-refractivity contribution in [1.29, 1.82) is 0 Å². The fourth-order valence-electron chi connectivity index (χ4n) is 2.17. The quantitative estimate of drug-likeness (QED) is 0.797. The van der Waals surface area contributed by atoms with E-state index in [1.165, 1.54) is 13.0 Å². The van der Waals surface area contributed by atoms with Crippen molar-refractivity contribution in [3.8, 4) is 0 Å². The number of carbonyl (C=O) groups is 2. The Labute approximate surface area is 142 Å². The molecule has 2 rings (SSSR count). The Morgan fingerprint density at radius 1 is 1.17 bits per heavy atom. The number of anilines is 1. The van der Waals surface area contributed by atoms with Gasteiger partial charge >= 0.3 is 0 Å². The monoisotopic (exact) mass is 354 g/mol. The molecule has 0 heterocycles. The molecule has 3 N–H and O–H groups in total. The number of benzene rings is 2. The Morgan fingerprint density at radius 3 is 2.30 bits per heavy atom. The Morgan fingerprint density at radius 2 is 1.78 bits per heavy atom. The van der Waals surface area contributed by atoms with E-state index in [2.05, 4.69) is 5.32 Å². The van der Waals surface area contributed by atoms with Crippen LogP contribution in [0.4, 0.5) is 10.1 Å². The first kappa shape index (κ1) is 17.2. The molecule has 0 saturated heterocycles. The molecule has 0 aliphatic carbocycles. The molecule has 0 saturated carbocycles. The van der Waals surface area contributed by atoms with Crippen molar-refractivity contribution in [2.24, 2.45) is 5.73 Å². The van der Waals surface area contributed by atoms with Crippen LogP contribution in [-0.4, -0.2) is 11.7 Å². The SMILES string of the molecule is CC(=O)c1ccc(F)cc1NC(C(N)=O)c1c(Cl)cccc1Cl. The average Bonchev–Trinajstić information content (AvgIpc) is 2.45. The van der Waals surface area contributed by atoms with Crippen LogP contribution in [0.2, 0.25) is 10.0 Å². The summed E-state index contributed by atoms with van der Waals surface area (Å²) in [6.07, 6.45) is 0. The molecule has 0 aliphatic heterocycles. The molecule has 0 fully saturated rings. The van der Waals surface area contributed by atoms with Gasteiger partial charge in [-0.25, -0.2) is 4.39 Å². The van der Waals surface area contributed by atoms with Gasteiger partial charge in [-0.2, -0.15) is 0 Å². The highest BCUT2D eigenvalue weighted by molar-refractivity contribution is 6.36. The van der Waals surface area contributed by atoms with E-state index in [9.17, 15) is 14.0 Å². The number of nitrogens with two attached hydrogens (primary N) is 1. The van der Waals surface area contributed by atoms with Gasteiger partial charge in [0.1, 0.15) is 11.9 Å². The number of nitrogens with one attached hydrogen (secondary N) is 1. The minimum atomic E-state index is -1.11. The Hall–Kier alpha value is -2.11. The van der Waals surface area contributed by atoms with Crippen molar-refractivity contribution in [1.82, 2.24) is 0 Å². The molecule has 1 unspecified atom stereocenters. The second kappa shape index (κ2) is 6.98. The Kier molecular flexibility index (Phi) is 5.23. The molecule has 0 bridgehead atoms. The smallest absolute Gasteiger partial charge is 0.244 e. The van der Waals surface area contributed by atoms with Crippen molar-refractivity contribution in [2.45, 2.75) is 13.0 Å². The summed E-state index contributed by atoms with van der Waals surface area (Å²) in [6.45, 7) is 1.33. The van der Waals surface area contributed by atoms with Crippen LogP contribution < -0.4 is 11.1 Å². The molecule has 120 valence electrons. The van der Waals surface area contributed by atoms with E-state index in [1.54, 1.807) is 18.2 Å². The highest BCUT2D eigenvalue weighted by Gasteiger charge is 2.24. The topological polar surface area (TPSA) is 72.2 Å². The molecule has 1 atom stereocenters. The van der Waals surface area contributed by atoms with E-state index < -0.39 is 17.8 Å². The molecule has 1 amide bonds. The third-order valence-corrected chi connectivity index (χ3v) is 3.89. The number of carbonyl (C=O) groups excluding carboxylic acids is 2. The molecular formula is C16H13Cl2FN2O2. The number of ketones is 1. The van der Waals surface area contributed by atoms with Crippen molar-refractivity contribution in [2.75, 3.05) is 5.32 Å². The summed E-state index contributed by atoms with van der Waals surface area (Å²) in [5.74, 6) is -1.62. The van der Waals surface area contributed by atoms with E-state index in [1.807, 2.05) is 0 Å². The minimum absolute atomic E-state index is 0.136. The molecule has 7 heteroatoms. The average molecular weight is 355 g/mol. The van der Waals surface area contributed by atoms with Crippen LogP contribution in [0.3, 0.4) is 0 Å². The lowest BCUT2D eigenvalue weighted by Crippen LogP contribution is -2.29. The predicted octanol–water partition coefficient (Wildman–Crippen LogP) is 3.97. The molecule has 0 aliphatic rings. The van der Waals surface area contributed by atoms with Crippen LogP contribution >= 0.6 is 23.2 Å². The van der Waals surface area contributed by atoms with Gasteiger partial charge in [0, 0.05) is 26.9 Å². The zero-order valence-electron chi connectivity index (χ0n) is 12.1. The van der Waals surface area contributed by atoms with E-state index in [-0.39, 0.29) is 32.6 Å². The van der Waals surface area contributed by atoms with Gasteiger partial charge in [0.2, 0.25) is 5.91 Å². The fourth-order valence-corrected chi connectivity index (χ4v) is 2.79. The van der Waals surface area contributed by atoms with Crippen LogP contribution in [0.5, 0.6) is 0 Å². The normalized spacial score (nSPS) is 11.8. The highest BCUT2D eigenvalue weighted by atomic mass is 35.5. The van der Waals surface area contributed by atoms with Gasteiger partial charge in [-0.1, -0.05) is 29.3 Å². The second-order valence-electron chi connectivity index (χ2n) is 4.86. The van der Waals surface area contributed by atoms with Crippen LogP contribution in [0.25, 0.3) is 0 Å². The highest BCUT2D eigenvalue weighted by Crippen LogP contribution is 2.33. The number of rotatable bonds is 5. The van der Waals surface area contributed by atoms with E-state index in [0.717, 1.165) is 12.1 Å². The molecule has 4 nitrogen and oxygen atoms in total. The summed E-state index contributed by atoms with van der Waals surface area (Å²) >= 11 is 12.2. The molecule has 0 radical (unpaired) electrons. The Balaban J connectivity index is 2.52. The van der Waals surface area contributed by atoms with Crippen molar-refractivity contribution in [3.63, 3.8) is 0 Å². The summed E-state index contributed by atoms with van der Waals surface area (Å²) < 4.78 is 13.5. The molecule has 2 aromatic carbocycles. The van der Waals surface area contributed by atoms with Gasteiger partial charge in [-0.05, 0) is 37.3 Å². The third kappa shape index (κ3) is 3.81. The largest absolute Gasteiger partial charge is 0.369 e. The van der Waals surface area contributed by atoms with Gasteiger partial charge in [0.05, 0.1) is 0 Å². The molecular weight excluding hydrogens is 342 g/mol. The summed E-state index contributed by atoms with van der Waals surface area (Å²) in [4.78, 5) is 23.5. The van der Waals surface area contributed by atoms with Crippen LogP contribution in [0, 0.1) is 5.82 Å². The van der Waals surface area contributed by atoms with E-state index in [0.29, 0.717) is 0 Å². The summed E-state index contributed by atoms with van der Waals surface area (Å²) in [6, 6.07) is 7.20. The molecule has 0 spiro atoms. The molecule has 23 heavy (non-hydrogen) atoms. The zero-order chi connectivity index (χ0) is 17.1. The standard InChI is InChI=1S/C16H13Cl2FN2O2/c1-8(22)10-6-5-9(19)7-13(10)21-15(16(20)23)14-11(17)3-2-4-12(14)18/h2-7,15,21H,1H3,(H2,20,23). The minimum Gasteiger partial charge on any atom is -0.369 e. The number of primary amides is 1. The van der Waals surface area contributed by atoms with Gasteiger partial charge in [0.15, 0.2) is 5.78 Å². The first-order chi connectivity index (χ1) is 10.8. The number of halogens is 3. The lowest BCUT2D eigenvalue weighted by molar-refractivity contribution is -0.118. The van der Waals surface area contributed by atoms with Crippen molar-refractivity contribution >= 4 is 40.6 Å². The molecule has 2 aromatic rings. The molecule has 0 aromatic heterocycles. The maximum atomic E-state index is 13.5. The van der Waals surface area contributed by atoms with Gasteiger partial charge < -0.3 is 11.1 Å². The lowest BCUT2D eigenvalue weighted by atomic mass is 10.0. The van der Waals surface area contributed by atoms with Crippen molar-refractivity contribution in [3.05, 3.63) is 63.4 Å². The fraction of sp³-hybridized carbons (Fsp3) is 0.125. The van der Waals surface area contributed by atoms with Gasteiger partial charge in [-0.15, -0.1) is 0 Å². The predicted molar refractivity (Wildman–Crippen MR) is 88.4 cm³/mol. The van der Waals surface area contributed by atoms with Gasteiger partial charge in [-0.3, -0.25) is 9.59 Å².